The number of halogens is 2. The number of benzene rings is 1. The van der Waals surface area contributed by atoms with Crippen molar-refractivity contribution in [3.63, 3.8) is 0 Å². The molecule has 1 aromatic carbocycles. The van der Waals surface area contributed by atoms with E-state index in [2.05, 4.69) is 4.98 Å². The van der Waals surface area contributed by atoms with Gasteiger partial charge >= 0.3 is 0 Å². The molecule has 0 aliphatic rings. The number of ether oxygens (including phenoxy) is 1. The fraction of sp³-hybridized carbons (Fsp3) is 0.0769. The van der Waals surface area contributed by atoms with Crippen LogP contribution in [0.3, 0.4) is 0 Å². The number of pyridine rings is 1. The van der Waals surface area contributed by atoms with Crippen LogP contribution in [0.15, 0.2) is 30.5 Å². The minimum Gasteiger partial charge on any atom is -0.436 e. The summed E-state index contributed by atoms with van der Waals surface area (Å²) in [5.41, 5.74) is 1.30. The van der Waals surface area contributed by atoms with E-state index in [-0.39, 0.29) is 10.9 Å². The molecule has 0 amide bonds. The zero-order chi connectivity index (χ0) is 13.1. The third-order valence-corrected chi connectivity index (χ3v) is 2.51. The molecule has 0 spiro atoms. The first-order valence-electron chi connectivity index (χ1n) is 5.10. The van der Waals surface area contributed by atoms with Gasteiger partial charge < -0.3 is 4.74 Å². The van der Waals surface area contributed by atoms with Gasteiger partial charge in [-0.25, -0.2) is 9.37 Å². The van der Waals surface area contributed by atoms with Gasteiger partial charge in [0.1, 0.15) is 5.75 Å². The minimum atomic E-state index is -0.635. The van der Waals surface area contributed by atoms with Gasteiger partial charge in [0.05, 0.1) is 16.7 Å². The second-order valence-corrected chi connectivity index (χ2v) is 4.07. The smallest absolute Gasteiger partial charge is 0.255 e. The van der Waals surface area contributed by atoms with E-state index >= 15 is 0 Å². The van der Waals surface area contributed by atoms with Gasteiger partial charge in [-0.2, -0.15) is 5.26 Å². The summed E-state index contributed by atoms with van der Waals surface area (Å²) in [5, 5.41) is 9.00. The van der Waals surface area contributed by atoms with Crippen molar-refractivity contribution in [3.05, 3.63) is 52.4 Å². The fourth-order valence-electron chi connectivity index (χ4n) is 1.41. The Morgan fingerprint density at radius 1 is 1.39 bits per heavy atom. The molecular weight excluding hydrogens is 255 g/mol. The van der Waals surface area contributed by atoms with E-state index in [4.69, 9.17) is 21.6 Å². The van der Waals surface area contributed by atoms with E-state index in [0.717, 1.165) is 11.6 Å². The van der Waals surface area contributed by atoms with Crippen LogP contribution < -0.4 is 4.74 Å². The van der Waals surface area contributed by atoms with E-state index in [1.807, 2.05) is 6.07 Å². The van der Waals surface area contributed by atoms with Crippen LogP contribution in [0.2, 0.25) is 5.02 Å². The molecule has 0 radical (unpaired) electrons. The van der Waals surface area contributed by atoms with Crippen molar-refractivity contribution in [2.75, 3.05) is 0 Å². The maximum atomic E-state index is 13.5. The van der Waals surface area contributed by atoms with Crippen LogP contribution >= 0.6 is 11.6 Å². The van der Waals surface area contributed by atoms with E-state index in [1.165, 1.54) is 6.20 Å². The standard InChI is InChI=1S/C13H8ClFN2O/c1-8-4-11(3-2-9(8)6-16)18-13-12(15)5-10(14)7-17-13/h2-5,7H,1H3. The highest BCUT2D eigenvalue weighted by Gasteiger charge is 2.08. The summed E-state index contributed by atoms with van der Waals surface area (Å²) in [7, 11) is 0. The predicted octanol–water partition coefficient (Wildman–Crippen LogP) is 3.85. The largest absolute Gasteiger partial charge is 0.436 e. The highest BCUT2D eigenvalue weighted by atomic mass is 35.5. The second-order valence-electron chi connectivity index (χ2n) is 3.63. The van der Waals surface area contributed by atoms with Crippen LogP contribution in [0.25, 0.3) is 0 Å². The molecule has 1 aromatic heterocycles. The van der Waals surface area contributed by atoms with Gasteiger partial charge in [0.2, 0.25) is 0 Å². The van der Waals surface area contributed by atoms with Gasteiger partial charge in [-0.1, -0.05) is 11.6 Å². The number of nitriles is 1. The SMILES string of the molecule is Cc1cc(Oc2ncc(Cl)cc2F)ccc1C#N. The fourth-order valence-corrected chi connectivity index (χ4v) is 1.56. The van der Waals surface area contributed by atoms with Crippen molar-refractivity contribution in [1.29, 1.82) is 5.26 Å². The number of nitrogens with zero attached hydrogens (tertiary/aromatic N) is 2. The van der Waals surface area contributed by atoms with Gasteiger partial charge in [-0.05, 0) is 36.8 Å². The average molecular weight is 263 g/mol. The molecule has 2 aromatic rings. The summed E-state index contributed by atoms with van der Waals surface area (Å²) >= 11 is 5.59. The van der Waals surface area contributed by atoms with Gasteiger partial charge in [0.15, 0.2) is 5.82 Å². The topological polar surface area (TPSA) is 45.9 Å². The summed E-state index contributed by atoms with van der Waals surface area (Å²) in [6.45, 7) is 1.77. The number of aromatic nitrogens is 1. The van der Waals surface area contributed by atoms with Crippen LogP contribution in [0.1, 0.15) is 11.1 Å². The van der Waals surface area contributed by atoms with Crippen LogP contribution in [0.5, 0.6) is 11.6 Å². The molecule has 0 atom stereocenters. The molecule has 0 aliphatic heterocycles. The molecule has 90 valence electrons. The molecule has 0 fully saturated rings. The Bertz CT molecular complexity index is 637. The van der Waals surface area contributed by atoms with E-state index in [0.29, 0.717) is 11.3 Å². The lowest BCUT2D eigenvalue weighted by atomic mass is 10.1. The summed E-state index contributed by atoms with van der Waals surface area (Å²) in [6.07, 6.45) is 1.30. The van der Waals surface area contributed by atoms with Gasteiger partial charge in [-0.15, -0.1) is 0 Å². The van der Waals surface area contributed by atoms with Crippen molar-refractivity contribution in [2.24, 2.45) is 0 Å². The number of hydrogen-bond acceptors (Lipinski definition) is 3. The number of rotatable bonds is 2. The van der Waals surface area contributed by atoms with E-state index in [9.17, 15) is 4.39 Å². The number of aryl methyl sites for hydroxylation is 1. The third kappa shape index (κ3) is 2.58. The molecule has 0 unspecified atom stereocenters. The van der Waals surface area contributed by atoms with Crippen LogP contribution in [0.4, 0.5) is 4.39 Å². The Morgan fingerprint density at radius 2 is 2.17 bits per heavy atom. The highest BCUT2D eigenvalue weighted by Crippen LogP contribution is 2.25. The monoisotopic (exact) mass is 262 g/mol. The highest BCUT2D eigenvalue weighted by molar-refractivity contribution is 6.30. The average Bonchev–Trinajstić information content (AvgIpc) is 2.33. The zero-order valence-corrected chi connectivity index (χ0v) is 10.2. The quantitative estimate of drug-likeness (QED) is 0.826. The summed E-state index contributed by atoms with van der Waals surface area (Å²) < 4.78 is 18.7. The molecular formula is C13H8ClFN2O. The van der Waals surface area contributed by atoms with Crippen molar-refractivity contribution >= 4 is 11.6 Å². The van der Waals surface area contributed by atoms with Crippen LogP contribution in [-0.4, -0.2) is 4.98 Å². The van der Waals surface area contributed by atoms with E-state index in [1.54, 1.807) is 25.1 Å². The molecule has 0 bridgehead atoms. The Morgan fingerprint density at radius 3 is 2.78 bits per heavy atom. The molecule has 2 rings (SSSR count). The molecule has 1 heterocycles. The Hall–Kier alpha value is -2.12. The normalized spacial score (nSPS) is 9.89. The molecule has 0 aliphatic carbocycles. The Balaban J connectivity index is 2.29. The van der Waals surface area contributed by atoms with Crippen molar-refractivity contribution in [3.8, 4) is 17.7 Å². The minimum absolute atomic E-state index is 0.150. The van der Waals surface area contributed by atoms with Gasteiger partial charge in [0.25, 0.3) is 5.88 Å². The Labute approximate surface area is 108 Å². The third-order valence-electron chi connectivity index (χ3n) is 2.31. The summed E-state index contributed by atoms with van der Waals surface area (Å²) in [5.74, 6) is -0.367. The predicted molar refractivity (Wildman–Crippen MR) is 65.2 cm³/mol. The maximum Gasteiger partial charge on any atom is 0.255 e. The molecule has 3 nitrogen and oxygen atoms in total. The molecule has 0 saturated carbocycles. The molecule has 5 heteroatoms. The lowest BCUT2D eigenvalue weighted by Gasteiger charge is -2.07. The first-order valence-corrected chi connectivity index (χ1v) is 5.47. The molecule has 0 N–H and O–H groups in total. The Kier molecular flexibility index (Phi) is 3.45. The maximum absolute atomic E-state index is 13.5. The van der Waals surface area contributed by atoms with Gasteiger partial charge in [0, 0.05) is 6.20 Å². The second kappa shape index (κ2) is 5.03. The molecule has 18 heavy (non-hydrogen) atoms. The number of hydrogen-bond donors (Lipinski definition) is 0. The van der Waals surface area contributed by atoms with Crippen LogP contribution in [-0.2, 0) is 0 Å². The zero-order valence-electron chi connectivity index (χ0n) is 9.45. The van der Waals surface area contributed by atoms with Crippen molar-refractivity contribution in [1.82, 2.24) is 4.98 Å². The first kappa shape index (κ1) is 12.3. The van der Waals surface area contributed by atoms with Crippen molar-refractivity contribution in [2.45, 2.75) is 6.92 Å². The summed E-state index contributed by atoms with van der Waals surface area (Å²) in [4.78, 5) is 3.75. The van der Waals surface area contributed by atoms with E-state index < -0.39 is 5.82 Å². The lowest BCUT2D eigenvalue weighted by molar-refractivity contribution is 0.422. The summed E-state index contributed by atoms with van der Waals surface area (Å²) in [6, 6.07) is 8.01. The molecule has 0 saturated heterocycles. The van der Waals surface area contributed by atoms with Crippen LogP contribution in [0, 0.1) is 24.1 Å². The lowest BCUT2D eigenvalue weighted by Crippen LogP contribution is -1.93. The first-order chi connectivity index (χ1) is 8.60. The van der Waals surface area contributed by atoms with Gasteiger partial charge in [-0.3, -0.25) is 0 Å². The van der Waals surface area contributed by atoms with Crippen molar-refractivity contribution < 1.29 is 9.13 Å².